The van der Waals surface area contributed by atoms with E-state index in [0.29, 0.717) is 34.7 Å². The van der Waals surface area contributed by atoms with Crippen molar-refractivity contribution < 1.29 is 4.79 Å². The quantitative estimate of drug-likeness (QED) is 0.390. The zero-order chi connectivity index (χ0) is 24.4. The molecule has 0 aliphatic heterocycles. The second kappa shape index (κ2) is 9.62. The summed E-state index contributed by atoms with van der Waals surface area (Å²) in [5, 5.41) is 11.6. The first kappa shape index (κ1) is 23.4. The third-order valence-corrected chi connectivity index (χ3v) is 5.33. The second-order valence-corrected chi connectivity index (χ2v) is 8.63. The number of anilines is 3. The van der Waals surface area contributed by atoms with Crippen LogP contribution in [0.5, 0.6) is 0 Å². The van der Waals surface area contributed by atoms with E-state index in [2.05, 4.69) is 30.7 Å². The highest BCUT2D eigenvalue weighted by Crippen LogP contribution is 2.28. The van der Waals surface area contributed by atoms with E-state index in [0.717, 1.165) is 22.3 Å². The van der Waals surface area contributed by atoms with Gasteiger partial charge in [-0.1, -0.05) is 17.7 Å². The Morgan fingerprint density at radius 3 is 2.71 bits per heavy atom. The number of nitrogens with zero attached hydrogens (tertiary/aromatic N) is 7. The molecule has 0 radical (unpaired) electrons. The van der Waals surface area contributed by atoms with Crippen molar-refractivity contribution in [2.45, 2.75) is 13.8 Å². The average molecular weight is 480 g/mol. The third kappa shape index (κ3) is 5.08. The van der Waals surface area contributed by atoms with Crippen LogP contribution in [0.3, 0.4) is 0 Å². The molecule has 0 aliphatic rings. The summed E-state index contributed by atoms with van der Waals surface area (Å²) < 4.78 is 3.54. The van der Waals surface area contributed by atoms with Crippen molar-refractivity contribution in [2.24, 2.45) is 7.05 Å². The van der Waals surface area contributed by atoms with Crippen molar-refractivity contribution >= 4 is 45.9 Å². The van der Waals surface area contributed by atoms with Crippen LogP contribution in [-0.2, 0) is 11.8 Å². The van der Waals surface area contributed by atoms with Crippen molar-refractivity contribution in [1.29, 1.82) is 0 Å². The van der Waals surface area contributed by atoms with Crippen LogP contribution < -0.4 is 10.6 Å². The Labute approximate surface area is 202 Å². The van der Waals surface area contributed by atoms with E-state index in [9.17, 15) is 4.79 Å². The van der Waals surface area contributed by atoms with Crippen LogP contribution in [-0.4, -0.2) is 60.7 Å². The normalized spacial score (nSPS) is 11.6. The van der Waals surface area contributed by atoms with Gasteiger partial charge < -0.3 is 15.5 Å². The predicted octanol–water partition coefficient (Wildman–Crippen LogP) is 3.62. The number of hydrogen-bond donors (Lipinski definition) is 2. The molecule has 0 spiro atoms. The summed E-state index contributed by atoms with van der Waals surface area (Å²) in [6.07, 6.45) is 10.2. The lowest BCUT2D eigenvalue weighted by Crippen LogP contribution is -2.13. The maximum Gasteiger partial charge on any atom is 0.248 e. The minimum absolute atomic E-state index is 0.208. The SMILES string of the molecule is Cc1nn(C)cc1Nc1ncc(Cl)c(-n2cc(C)c3cc(NC(=O)/C=C/CN(C)C)cnc32)n1. The highest BCUT2D eigenvalue weighted by molar-refractivity contribution is 6.32. The zero-order valence-corrected chi connectivity index (χ0v) is 20.4. The number of halogens is 1. The van der Waals surface area contributed by atoms with Gasteiger partial charge in [0, 0.05) is 37.4 Å². The van der Waals surface area contributed by atoms with Crippen LogP contribution in [0.4, 0.5) is 17.3 Å². The minimum atomic E-state index is -0.208. The van der Waals surface area contributed by atoms with Gasteiger partial charge in [-0.05, 0) is 39.6 Å². The highest BCUT2D eigenvalue weighted by Gasteiger charge is 2.15. The van der Waals surface area contributed by atoms with E-state index >= 15 is 0 Å². The Morgan fingerprint density at radius 1 is 1.21 bits per heavy atom. The lowest BCUT2D eigenvalue weighted by Gasteiger charge is -2.09. The fourth-order valence-corrected chi connectivity index (χ4v) is 3.66. The molecule has 0 saturated carbocycles. The largest absolute Gasteiger partial charge is 0.321 e. The van der Waals surface area contributed by atoms with Gasteiger partial charge in [-0.15, -0.1) is 0 Å². The zero-order valence-electron chi connectivity index (χ0n) is 19.7. The Hall–Kier alpha value is -3.76. The number of aryl methyl sites for hydroxylation is 3. The van der Waals surface area contributed by atoms with E-state index in [-0.39, 0.29) is 5.91 Å². The van der Waals surface area contributed by atoms with Gasteiger partial charge in [-0.25, -0.2) is 9.97 Å². The Balaban J connectivity index is 1.63. The molecule has 11 heteroatoms. The fraction of sp³-hybridized carbons (Fsp3) is 0.261. The Morgan fingerprint density at radius 2 is 2.00 bits per heavy atom. The lowest BCUT2D eigenvalue weighted by atomic mass is 10.2. The first-order valence-corrected chi connectivity index (χ1v) is 11.0. The molecule has 176 valence electrons. The van der Waals surface area contributed by atoms with Crippen LogP contribution in [0.25, 0.3) is 16.9 Å². The number of carbonyl (C=O) groups excluding carboxylic acids is 1. The number of aromatic nitrogens is 6. The summed E-state index contributed by atoms with van der Waals surface area (Å²) >= 11 is 6.46. The molecule has 4 heterocycles. The highest BCUT2D eigenvalue weighted by atomic mass is 35.5. The minimum Gasteiger partial charge on any atom is -0.321 e. The average Bonchev–Trinajstić information content (AvgIpc) is 3.26. The second-order valence-electron chi connectivity index (χ2n) is 8.22. The van der Waals surface area contributed by atoms with Crippen LogP contribution >= 0.6 is 11.6 Å². The molecule has 0 fully saturated rings. The standard InChI is InChI=1S/C23H26ClN9O/c1-14-12-33(21-17(14)9-16(10-25-21)27-20(34)7-6-8-31(3)4)22-18(24)11-26-23(29-22)28-19-13-32(5)30-15(19)2/h6-7,9-13H,8H2,1-5H3,(H,27,34)(H,26,28,29)/b7-6+. The molecule has 10 nitrogen and oxygen atoms in total. The van der Waals surface area contributed by atoms with Crippen molar-refractivity contribution in [3.8, 4) is 5.82 Å². The Kier molecular flexibility index (Phi) is 6.62. The molecule has 4 rings (SSSR count). The van der Waals surface area contributed by atoms with Crippen LogP contribution in [0, 0.1) is 13.8 Å². The molecule has 0 unspecified atom stereocenters. The van der Waals surface area contributed by atoms with E-state index in [1.54, 1.807) is 23.2 Å². The number of amides is 1. The van der Waals surface area contributed by atoms with Gasteiger partial charge in [0.15, 0.2) is 5.82 Å². The van der Waals surface area contributed by atoms with Crippen molar-refractivity contribution in [1.82, 2.24) is 34.2 Å². The van der Waals surface area contributed by atoms with Crippen molar-refractivity contribution in [2.75, 3.05) is 31.3 Å². The molecule has 0 bridgehead atoms. The van der Waals surface area contributed by atoms with Crippen molar-refractivity contribution in [3.05, 3.63) is 59.3 Å². The number of nitrogens with one attached hydrogen (secondary N) is 2. The Bertz CT molecular complexity index is 1390. The number of hydrogen-bond acceptors (Lipinski definition) is 7. The predicted molar refractivity (Wildman–Crippen MR) is 134 cm³/mol. The van der Waals surface area contributed by atoms with Gasteiger partial charge in [0.2, 0.25) is 11.9 Å². The summed E-state index contributed by atoms with van der Waals surface area (Å²) in [6.45, 7) is 4.56. The van der Waals surface area contributed by atoms with Gasteiger partial charge in [-0.2, -0.15) is 10.1 Å². The first-order chi connectivity index (χ1) is 16.2. The van der Waals surface area contributed by atoms with E-state index in [1.165, 1.54) is 6.08 Å². The molecule has 0 atom stereocenters. The monoisotopic (exact) mass is 479 g/mol. The van der Waals surface area contributed by atoms with Gasteiger partial charge in [0.25, 0.3) is 0 Å². The van der Waals surface area contributed by atoms with Crippen LogP contribution in [0.1, 0.15) is 11.3 Å². The summed E-state index contributed by atoms with van der Waals surface area (Å²) in [7, 11) is 5.73. The number of likely N-dealkylation sites (N-methyl/N-ethyl adjacent to an activating group) is 1. The molecule has 0 aliphatic carbocycles. The van der Waals surface area contributed by atoms with E-state index in [1.807, 2.05) is 62.9 Å². The van der Waals surface area contributed by atoms with E-state index in [4.69, 9.17) is 11.6 Å². The molecular formula is C23H26ClN9O. The van der Waals surface area contributed by atoms with Gasteiger partial charge in [0.1, 0.15) is 10.7 Å². The van der Waals surface area contributed by atoms with Crippen molar-refractivity contribution in [3.63, 3.8) is 0 Å². The molecule has 4 aromatic heterocycles. The van der Waals surface area contributed by atoms with Crippen LogP contribution in [0.15, 0.2) is 43.0 Å². The van der Waals surface area contributed by atoms with Gasteiger partial charge >= 0.3 is 0 Å². The molecule has 0 saturated heterocycles. The number of rotatable bonds is 7. The number of pyridine rings is 1. The summed E-state index contributed by atoms with van der Waals surface area (Å²) in [6, 6.07) is 1.89. The smallest absolute Gasteiger partial charge is 0.248 e. The maximum atomic E-state index is 12.2. The molecule has 2 N–H and O–H groups in total. The fourth-order valence-electron chi connectivity index (χ4n) is 3.48. The van der Waals surface area contributed by atoms with Gasteiger partial charge in [-0.3, -0.25) is 14.0 Å². The summed E-state index contributed by atoms with van der Waals surface area (Å²) in [5.74, 6) is 0.679. The summed E-state index contributed by atoms with van der Waals surface area (Å²) in [4.78, 5) is 27.7. The van der Waals surface area contributed by atoms with Gasteiger partial charge in [0.05, 0.1) is 29.5 Å². The van der Waals surface area contributed by atoms with Crippen LogP contribution in [0.2, 0.25) is 5.02 Å². The number of fused-ring (bicyclic) bond motifs is 1. The summed E-state index contributed by atoms with van der Waals surface area (Å²) in [5.41, 5.74) is 3.88. The lowest BCUT2D eigenvalue weighted by molar-refractivity contribution is -0.111. The molecule has 34 heavy (non-hydrogen) atoms. The number of carbonyl (C=O) groups is 1. The molecular weight excluding hydrogens is 454 g/mol. The molecule has 4 aromatic rings. The topological polar surface area (TPSA) is 106 Å². The molecule has 1 amide bonds. The molecule has 0 aromatic carbocycles. The van der Waals surface area contributed by atoms with E-state index < -0.39 is 0 Å². The third-order valence-electron chi connectivity index (χ3n) is 5.06. The first-order valence-electron chi connectivity index (χ1n) is 10.6. The maximum absolute atomic E-state index is 12.2.